The number of nitrogens with zero attached hydrogens (tertiary/aromatic N) is 2. The summed E-state index contributed by atoms with van der Waals surface area (Å²) < 4.78 is 29.2. The summed E-state index contributed by atoms with van der Waals surface area (Å²) in [5.41, 5.74) is -0.298. The molecule has 0 aromatic carbocycles. The van der Waals surface area contributed by atoms with E-state index in [0.717, 1.165) is 10.0 Å². The third-order valence-electron chi connectivity index (χ3n) is 3.57. The van der Waals surface area contributed by atoms with E-state index in [9.17, 15) is 8.78 Å². The molecule has 2 heterocycles. The number of alkyl halides is 2. The summed E-state index contributed by atoms with van der Waals surface area (Å²) >= 11 is 1.42. The van der Waals surface area contributed by atoms with Crippen molar-refractivity contribution in [1.29, 1.82) is 0 Å². The van der Waals surface area contributed by atoms with E-state index >= 15 is 0 Å². The lowest BCUT2D eigenvalue weighted by Crippen LogP contribution is -2.35. The van der Waals surface area contributed by atoms with Gasteiger partial charge in [-0.15, -0.1) is 11.3 Å². The van der Waals surface area contributed by atoms with Crippen molar-refractivity contribution in [3.05, 3.63) is 16.8 Å². The molecule has 7 heteroatoms. The third-order valence-corrected chi connectivity index (χ3v) is 4.64. The van der Waals surface area contributed by atoms with Crippen LogP contribution in [-0.2, 0) is 12.3 Å². The summed E-state index contributed by atoms with van der Waals surface area (Å²) in [6.45, 7) is 3.15. The van der Waals surface area contributed by atoms with Crippen molar-refractivity contribution in [2.24, 2.45) is 5.41 Å². The van der Waals surface area contributed by atoms with Gasteiger partial charge in [-0.3, -0.25) is 5.10 Å². The molecule has 0 spiro atoms. The summed E-state index contributed by atoms with van der Waals surface area (Å²) in [4.78, 5) is 5.26. The van der Waals surface area contributed by atoms with Crippen molar-refractivity contribution in [2.75, 3.05) is 12.4 Å². The van der Waals surface area contributed by atoms with Crippen molar-refractivity contribution in [3.8, 4) is 11.3 Å². The average molecular weight is 284 g/mol. The summed E-state index contributed by atoms with van der Waals surface area (Å²) in [6, 6.07) is 0. The molecule has 0 atom stereocenters. The van der Waals surface area contributed by atoms with Gasteiger partial charge in [0.25, 0.3) is 5.92 Å². The molecule has 0 saturated carbocycles. The highest BCUT2D eigenvalue weighted by atomic mass is 32.1. The molecule has 1 aliphatic carbocycles. The lowest BCUT2D eigenvalue weighted by atomic mass is 9.81. The van der Waals surface area contributed by atoms with Gasteiger partial charge in [-0.1, -0.05) is 13.8 Å². The molecule has 0 unspecified atom stereocenters. The molecule has 19 heavy (non-hydrogen) atoms. The fourth-order valence-electron chi connectivity index (χ4n) is 2.34. The van der Waals surface area contributed by atoms with Crippen molar-refractivity contribution < 1.29 is 8.78 Å². The van der Waals surface area contributed by atoms with Gasteiger partial charge in [0.2, 0.25) is 0 Å². The molecule has 2 N–H and O–H groups in total. The van der Waals surface area contributed by atoms with Crippen LogP contribution in [0.4, 0.5) is 13.9 Å². The quantitative estimate of drug-likeness (QED) is 0.845. The van der Waals surface area contributed by atoms with Crippen LogP contribution in [0.3, 0.4) is 0 Å². The summed E-state index contributed by atoms with van der Waals surface area (Å²) in [5.74, 6) is -2.96. The van der Waals surface area contributed by atoms with Gasteiger partial charge in [0.15, 0.2) is 5.13 Å². The summed E-state index contributed by atoms with van der Waals surface area (Å²) in [7, 11) is 1.77. The fraction of sp³-hybridized carbons (Fsp3) is 0.500. The molecule has 0 bridgehead atoms. The molecule has 4 nitrogen and oxygen atoms in total. The normalized spacial score (nSPS) is 19.4. The Morgan fingerprint density at radius 2 is 2.16 bits per heavy atom. The van der Waals surface area contributed by atoms with Crippen molar-refractivity contribution in [1.82, 2.24) is 15.2 Å². The highest BCUT2D eigenvalue weighted by Crippen LogP contribution is 2.53. The van der Waals surface area contributed by atoms with Gasteiger partial charge >= 0.3 is 0 Å². The maximum atomic E-state index is 14.6. The third kappa shape index (κ3) is 1.60. The topological polar surface area (TPSA) is 53.6 Å². The number of fused-ring (bicyclic) bond motifs is 3. The number of anilines is 1. The van der Waals surface area contributed by atoms with E-state index in [-0.39, 0.29) is 12.1 Å². The summed E-state index contributed by atoms with van der Waals surface area (Å²) in [6.07, 6.45) is 1.72. The van der Waals surface area contributed by atoms with Crippen LogP contribution in [0.1, 0.15) is 24.4 Å². The van der Waals surface area contributed by atoms with E-state index in [2.05, 4.69) is 20.5 Å². The first-order valence-corrected chi connectivity index (χ1v) is 6.78. The van der Waals surface area contributed by atoms with Gasteiger partial charge in [-0.2, -0.15) is 13.9 Å². The highest BCUT2D eigenvalue weighted by molar-refractivity contribution is 7.16. The van der Waals surface area contributed by atoms with Crippen LogP contribution in [0.25, 0.3) is 11.3 Å². The second kappa shape index (κ2) is 3.75. The average Bonchev–Trinajstić information content (AvgIpc) is 2.92. The first-order chi connectivity index (χ1) is 8.87. The maximum Gasteiger partial charge on any atom is 0.295 e. The Morgan fingerprint density at radius 1 is 1.42 bits per heavy atom. The number of rotatable bonds is 1. The van der Waals surface area contributed by atoms with E-state index in [1.165, 1.54) is 17.5 Å². The molecule has 102 valence electrons. The second-order valence-corrected chi connectivity index (χ2v) is 6.42. The minimum atomic E-state index is -2.96. The lowest BCUT2D eigenvalue weighted by molar-refractivity contribution is -0.115. The first-order valence-electron chi connectivity index (χ1n) is 5.96. The monoisotopic (exact) mass is 284 g/mol. The molecular weight excluding hydrogens is 270 g/mol. The first kappa shape index (κ1) is 12.5. The molecule has 1 aliphatic rings. The van der Waals surface area contributed by atoms with E-state index in [0.29, 0.717) is 11.3 Å². The van der Waals surface area contributed by atoms with Gasteiger partial charge in [0.1, 0.15) is 5.69 Å². The van der Waals surface area contributed by atoms with Crippen molar-refractivity contribution >= 4 is 16.5 Å². The van der Waals surface area contributed by atoms with Gasteiger partial charge in [0.05, 0.1) is 11.9 Å². The van der Waals surface area contributed by atoms with Crippen LogP contribution in [0.2, 0.25) is 0 Å². The SMILES string of the molecule is CNc1nc2c(s1)CC(C)(C)C(F)(F)c1[nH]ncc1-2. The molecule has 0 saturated heterocycles. The molecule has 0 radical (unpaired) electrons. The van der Waals surface area contributed by atoms with Crippen LogP contribution >= 0.6 is 11.3 Å². The maximum absolute atomic E-state index is 14.6. The van der Waals surface area contributed by atoms with Crippen LogP contribution in [0.15, 0.2) is 6.20 Å². The molecule has 2 aromatic heterocycles. The minimum Gasteiger partial charge on any atom is -0.365 e. The predicted octanol–water partition coefficient (Wildman–Crippen LogP) is 3.25. The number of halogens is 2. The van der Waals surface area contributed by atoms with E-state index in [1.807, 2.05) is 0 Å². The molecule has 2 aromatic rings. The Bertz CT molecular complexity index is 629. The number of aromatic amines is 1. The zero-order valence-electron chi connectivity index (χ0n) is 10.8. The molecule has 3 rings (SSSR count). The number of thiazole rings is 1. The Morgan fingerprint density at radius 3 is 2.84 bits per heavy atom. The standard InChI is InChI=1S/C12H14F2N4S/c1-11(2)4-7-8(17-10(15-3)19-7)6-5-16-18-9(6)12(11,13)14/h5H,4H2,1-3H3,(H,15,17)(H,16,18). The Labute approximate surface area is 113 Å². The van der Waals surface area contributed by atoms with Gasteiger partial charge in [-0.05, 0) is 6.42 Å². The highest BCUT2D eigenvalue weighted by Gasteiger charge is 2.53. The second-order valence-electron chi connectivity index (χ2n) is 5.33. The van der Waals surface area contributed by atoms with Crippen molar-refractivity contribution in [3.63, 3.8) is 0 Å². The van der Waals surface area contributed by atoms with Crippen LogP contribution in [0.5, 0.6) is 0 Å². The smallest absolute Gasteiger partial charge is 0.295 e. The van der Waals surface area contributed by atoms with Crippen LogP contribution < -0.4 is 5.32 Å². The Balaban J connectivity index is 2.29. The number of H-pyrrole nitrogens is 1. The molecular formula is C12H14F2N4S. The number of hydrogen-bond donors (Lipinski definition) is 2. The van der Waals surface area contributed by atoms with Gasteiger partial charge in [-0.25, -0.2) is 4.98 Å². The minimum absolute atomic E-state index is 0.135. The van der Waals surface area contributed by atoms with Gasteiger partial charge in [0, 0.05) is 22.9 Å². The summed E-state index contributed by atoms with van der Waals surface area (Å²) in [5, 5.41) is 9.94. The van der Waals surface area contributed by atoms with E-state index in [4.69, 9.17) is 0 Å². The van der Waals surface area contributed by atoms with E-state index in [1.54, 1.807) is 20.9 Å². The number of nitrogens with one attached hydrogen (secondary N) is 2. The predicted molar refractivity (Wildman–Crippen MR) is 70.6 cm³/mol. The zero-order chi connectivity index (χ0) is 13.8. The van der Waals surface area contributed by atoms with Crippen LogP contribution in [0, 0.1) is 5.41 Å². The number of aromatic nitrogens is 3. The van der Waals surface area contributed by atoms with Crippen molar-refractivity contribution in [2.45, 2.75) is 26.2 Å². The molecule has 0 fully saturated rings. The lowest BCUT2D eigenvalue weighted by Gasteiger charge is -2.31. The molecule has 0 aliphatic heterocycles. The Kier molecular flexibility index (Phi) is 2.47. The number of hydrogen-bond acceptors (Lipinski definition) is 4. The zero-order valence-corrected chi connectivity index (χ0v) is 11.7. The Hall–Kier alpha value is -1.50. The molecule has 0 amide bonds. The fourth-order valence-corrected chi connectivity index (χ4v) is 3.50. The van der Waals surface area contributed by atoms with Crippen LogP contribution in [-0.4, -0.2) is 22.2 Å². The van der Waals surface area contributed by atoms with Gasteiger partial charge < -0.3 is 5.32 Å². The largest absolute Gasteiger partial charge is 0.365 e. The van der Waals surface area contributed by atoms with E-state index < -0.39 is 11.3 Å².